The van der Waals surface area contributed by atoms with Gasteiger partial charge in [-0.3, -0.25) is 0 Å². The van der Waals surface area contributed by atoms with Crippen molar-refractivity contribution in [1.29, 1.82) is 0 Å². The normalized spacial score (nSPS) is 11.8. The van der Waals surface area contributed by atoms with Crippen LogP contribution in [-0.2, 0) is 13.2 Å². The van der Waals surface area contributed by atoms with Crippen LogP contribution in [0.4, 0.5) is 0 Å². The second-order valence-electron chi connectivity index (χ2n) is 9.44. The summed E-state index contributed by atoms with van der Waals surface area (Å²) in [5, 5.41) is 19.3. The molecule has 2 aromatic carbocycles. The van der Waals surface area contributed by atoms with Crippen molar-refractivity contribution in [3.8, 4) is 17.4 Å². The Bertz CT molecular complexity index is 1470. The minimum absolute atomic E-state index is 0.404. The zero-order valence-electron chi connectivity index (χ0n) is 21.2. The Kier molecular flexibility index (Phi) is 6.92. The molecule has 0 fully saturated rings. The number of ether oxygens (including phenoxy) is 1. The van der Waals surface area contributed by atoms with Gasteiger partial charge in [0.05, 0.1) is 0 Å². The molecule has 9 nitrogen and oxygen atoms in total. The van der Waals surface area contributed by atoms with Gasteiger partial charge in [0, 0.05) is 23.4 Å². The molecule has 0 amide bonds. The lowest BCUT2D eigenvalue weighted by molar-refractivity contribution is 0.289. The molecule has 5 aromatic rings. The van der Waals surface area contributed by atoms with E-state index in [1.165, 1.54) is 5.56 Å². The highest BCUT2D eigenvalue weighted by atomic mass is 16.5. The maximum atomic E-state index is 6.28. The van der Waals surface area contributed by atoms with E-state index in [0.717, 1.165) is 42.4 Å². The molecule has 0 aliphatic heterocycles. The van der Waals surface area contributed by atoms with Gasteiger partial charge in [-0.25, -0.2) is 0 Å². The maximum Gasteiger partial charge on any atom is 0.240 e. The first kappa shape index (κ1) is 23.9. The molecule has 0 aliphatic rings. The minimum atomic E-state index is 0.404. The Morgan fingerprint density at radius 1 is 0.917 bits per heavy atom. The number of aryl methyl sites for hydroxylation is 1. The van der Waals surface area contributed by atoms with Crippen LogP contribution in [-0.4, -0.2) is 69.0 Å². The molecule has 3 aromatic heterocycles. The SMILES string of the molecule is Cc1cc(-c2nnc3c4ccccc4c(OCc4cccc(CN(C)CCCN(C)C)c4)nn23)no1. The van der Waals surface area contributed by atoms with Crippen molar-refractivity contribution < 1.29 is 9.26 Å². The molecular weight excluding hydrogens is 454 g/mol. The van der Waals surface area contributed by atoms with Crippen LogP contribution in [0.25, 0.3) is 27.9 Å². The first-order valence-corrected chi connectivity index (χ1v) is 12.1. The summed E-state index contributed by atoms with van der Waals surface area (Å²) in [4.78, 5) is 4.57. The van der Waals surface area contributed by atoms with Crippen LogP contribution in [0.5, 0.6) is 5.88 Å². The maximum absolute atomic E-state index is 6.28. The molecule has 186 valence electrons. The molecule has 0 saturated heterocycles. The molecule has 0 bridgehead atoms. The molecule has 0 radical (unpaired) electrons. The third-order valence-corrected chi connectivity index (χ3v) is 6.05. The highest BCUT2D eigenvalue weighted by Crippen LogP contribution is 2.29. The molecule has 0 unspecified atom stereocenters. The first-order valence-electron chi connectivity index (χ1n) is 12.1. The van der Waals surface area contributed by atoms with Crippen molar-refractivity contribution in [3.63, 3.8) is 0 Å². The summed E-state index contributed by atoms with van der Waals surface area (Å²) in [5.41, 5.74) is 3.58. The van der Waals surface area contributed by atoms with Crippen LogP contribution >= 0.6 is 0 Å². The van der Waals surface area contributed by atoms with Crippen molar-refractivity contribution in [2.24, 2.45) is 0 Å². The fourth-order valence-corrected chi connectivity index (χ4v) is 4.31. The summed E-state index contributed by atoms with van der Waals surface area (Å²) >= 11 is 0. The summed E-state index contributed by atoms with van der Waals surface area (Å²) in [6, 6.07) is 18.3. The molecule has 9 heteroatoms. The number of rotatable bonds is 10. The highest BCUT2D eigenvalue weighted by molar-refractivity contribution is 5.96. The molecule has 0 aliphatic carbocycles. The van der Waals surface area contributed by atoms with Crippen LogP contribution in [0, 0.1) is 6.92 Å². The Balaban J connectivity index is 1.37. The topological polar surface area (TPSA) is 84.8 Å². The predicted octanol–water partition coefficient (Wildman–Crippen LogP) is 4.20. The molecule has 3 heterocycles. The zero-order valence-corrected chi connectivity index (χ0v) is 21.2. The molecule has 36 heavy (non-hydrogen) atoms. The minimum Gasteiger partial charge on any atom is -0.471 e. The van der Waals surface area contributed by atoms with Gasteiger partial charge in [0.15, 0.2) is 11.3 Å². The number of aromatic nitrogens is 5. The van der Waals surface area contributed by atoms with E-state index >= 15 is 0 Å². The van der Waals surface area contributed by atoms with Gasteiger partial charge in [-0.15, -0.1) is 15.3 Å². The van der Waals surface area contributed by atoms with Gasteiger partial charge in [0.1, 0.15) is 12.4 Å². The van der Waals surface area contributed by atoms with E-state index in [0.29, 0.717) is 35.4 Å². The van der Waals surface area contributed by atoms with Crippen LogP contribution < -0.4 is 4.74 Å². The van der Waals surface area contributed by atoms with E-state index in [1.807, 2.05) is 37.3 Å². The smallest absolute Gasteiger partial charge is 0.240 e. The van der Waals surface area contributed by atoms with E-state index in [-0.39, 0.29) is 0 Å². The van der Waals surface area contributed by atoms with Crippen molar-refractivity contribution in [3.05, 3.63) is 71.5 Å². The molecule has 0 atom stereocenters. The van der Waals surface area contributed by atoms with Gasteiger partial charge in [-0.05, 0) is 64.8 Å². The van der Waals surface area contributed by atoms with E-state index in [1.54, 1.807) is 4.52 Å². The molecule has 5 rings (SSSR count). The van der Waals surface area contributed by atoms with Crippen LogP contribution in [0.15, 0.2) is 59.1 Å². The van der Waals surface area contributed by atoms with E-state index in [2.05, 4.69) is 70.6 Å². The number of hydrogen-bond donors (Lipinski definition) is 0. The van der Waals surface area contributed by atoms with Gasteiger partial charge in [-0.2, -0.15) is 4.52 Å². The van der Waals surface area contributed by atoms with Crippen molar-refractivity contribution in [2.75, 3.05) is 34.2 Å². The molecule has 0 N–H and O–H groups in total. The quantitative estimate of drug-likeness (QED) is 0.291. The van der Waals surface area contributed by atoms with Gasteiger partial charge < -0.3 is 19.1 Å². The van der Waals surface area contributed by atoms with Gasteiger partial charge in [0.25, 0.3) is 0 Å². The van der Waals surface area contributed by atoms with E-state index in [4.69, 9.17) is 14.4 Å². The average Bonchev–Trinajstić information content (AvgIpc) is 3.48. The highest BCUT2D eigenvalue weighted by Gasteiger charge is 2.18. The van der Waals surface area contributed by atoms with Crippen molar-refractivity contribution >= 4 is 16.4 Å². The summed E-state index contributed by atoms with van der Waals surface area (Å²) in [7, 11) is 6.38. The van der Waals surface area contributed by atoms with Crippen LogP contribution in [0.2, 0.25) is 0 Å². The lowest BCUT2D eigenvalue weighted by Crippen LogP contribution is -2.23. The van der Waals surface area contributed by atoms with Crippen molar-refractivity contribution in [1.82, 2.24) is 34.8 Å². The van der Waals surface area contributed by atoms with Gasteiger partial charge >= 0.3 is 0 Å². The number of hydrogen-bond acceptors (Lipinski definition) is 8. The average molecular weight is 486 g/mol. The summed E-state index contributed by atoms with van der Waals surface area (Å²) in [6.45, 7) is 5.29. The third-order valence-electron chi connectivity index (χ3n) is 6.05. The van der Waals surface area contributed by atoms with Gasteiger partial charge in [0.2, 0.25) is 11.7 Å². The van der Waals surface area contributed by atoms with Crippen molar-refractivity contribution in [2.45, 2.75) is 26.5 Å². The Morgan fingerprint density at radius 2 is 1.72 bits per heavy atom. The van der Waals surface area contributed by atoms with Gasteiger partial charge in [-0.1, -0.05) is 47.6 Å². The van der Waals surface area contributed by atoms with E-state index < -0.39 is 0 Å². The second-order valence-corrected chi connectivity index (χ2v) is 9.44. The molecule has 0 saturated carbocycles. The van der Waals surface area contributed by atoms with Crippen LogP contribution in [0.1, 0.15) is 23.3 Å². The summed E-state index contributed by atoms with van der Waals surface area (Å²) in [5.74, 6) is 1.73. The zero-order chi connectivity index (χ0) is 25.1. The lowest BCUT2D eigenvalue weighted by Gasteiger charge is -2.18. The number of fused-ring (bicyclic) bond motifs is 3. The lowest BCUT2D eigenvalue weighted by atomic mass is 10.1. The molecule has 0 spiro atoms. The van der Waals surface area contributed by atoms with E-state index in [9.17, 15) is 0 Å². The Labute approximate surface area is 210 Å². The third kappa shape index (κ3) is 5.22. The summed E-state index contributed by atoms with van der Waals surface area (Å²) in [6.07, 6.45) is 1.15. The first-order chi connectivity index (χ1) is 17.5. The second kappa shape index (κ2) is 10.4. The van der Waals surface area contributed by atoms with Crippen LogP contribution in [0.3, 0.4) is 0 Å². The summed E-state index contributed by atoms with van der Waals surface area (Å²) < 4.78 is 13.2. The number of benzene rings is 2. The largest absolute Gasteiger partial charge is 0.471 e. The Morgan fingerprint density at radius 3 is 2.50 bits per heavy atom. The predicted molar refractivity (Wildman–Crippen MR) is 139 cm³/mol. The molecular formula is C27H31N7O2. The Hall–Kier alpha value is -3.82. The monoisotopic (exact) mass is 485 g/mol. The number of nitrogens with zero attached hydrogens (tertiary/aromatic N) is 7. The fraction of sp³-hybridized carbons (Fsp3) is 0.333. The standard InChI is InChI=1S/C27H31N7O2/c1-19-15-24(31-36-19)26-29-28-25-22-11-5-6-12-23(22)27(30-34(25)26)35-18-21-10-7-9-20(16-21)17-33(4)14-8-13-32(2)3/h5-7,9-12,15-16H,8,13-14,17-18H2,1-4H3. The fourth-order valence-electron chi connectivity index (χ4n) is 4.31.